The molecule has 0 unspecified atom stereocenters. The molecule has 0 aliphatic heterocycles. The van der Waals surface area contributed by atoms with E-state index in [9.17, 15) is 0 Å². The Morgan fingerprint density at radius 3 is 1.19 bits per heavy atom. The third kappa shape index (κ3) is 39.8. The molecule has 0 amide bonds. The minimum absolute atomic E-state index is 1.00. The van der Waals surface area contributed by atoms with Crippen molar-refractivity contribution < 1.29 is 0 Å². The van der Waals surface area contributed by atoms with Crippen molar-refractivity contribution in [3.8, 4) is 0 Å². The van der Waals surface area contributed by atoms with Crippen molar-refractivity contribution in [1.82, 2.24) is 0 Å². The van der Waals surface area contributed by atoms with Crippen LogP contribution in [0.25, 0.3) is 0 Å². The van der Waals surface area contributed by atoms with Crippen LogP contribution in [0.15, 0.2) is 46.4 Å². The molecule has 0 aliphatic rings. The molecule has 0 fully saturated rings. The van der Waals surface area contributed by atoms with Gasteiger partial charge in [-0.2, -0.15) is 0 Å². The predicted molar refractivity (Wildman–Crippen MR) is 59.3 cm³/mol. The molecule has 0 aliphatic carbocycles. The third-order valence-corrected chi connectivity index (χ3v) is 1.73. The number of hydrogen-bond donors (Lipinski definition) is 0. The second-order valence-electron chi connectivity index (χ2n) is 1.59. The fraction of sp³-hybridized carbons (Fsp3) is 0. The van der Waals surface area contributed by atoms with Gasteiger partial charge in [0.15, 0.2) is 0 Å². The van der Waals surface area contributed by atoms with Gasteiger partial charge in [-0.15, -0.1) is 16.0 Å². The number of benzene rings is 1. The Hall–Kier alpha value is -1.78. The summed E-state index contributed by atoms with van der Waals surface area (Å²) in [7, 11) is 0. The molecule has 3 radical (unpaired) electrons. The maximum atomic E-state index is 8.00. The first-order valence-electron chi connectivity index (χ1n) is 3.26. The molecule has 0 saturated heterocycles. The molecular formula is C6H5N3O6Sn-3. The summed E-state index contributed by atoms with van der Waals surface area (Å²) in [6, 6.07) is 10.4. The zero-order valence-electron chi connectivity index (χ0n) is 7.68. The van der Waals surface area contributed by atoms with Crippen molar-refractivity contribution in [3.63, 3.8) is 0 Å². The molecule has 0 bridgehead atoms. The molecule has 1 rings (SSSR count). The monoisotopic (exact) mass is 335 g/mol. The number of hydrogen-bond acceptors (Lipinski definition) is 9. The molecule has 0 spiro atoms. The van der Waals surface area contributed by atoms with Crippen molar-refractivity contribution in [2.75, 3.05) is 0 Å². The minimum atomic E-state index is 1.00. The fourth-order valence-electron chi connectivity index (χ4n) is 0.438. The van der Waals surface area contributed by atoms with E-state index in [1.54, 1.807) is 0 Å². The molecule has 0 atom stereocenters. The summed E-state index contributed by atoms with van der Waals surface area (Å²) in [5.74, 6) is 0. The van der Waals surface area contributed by atoms with Gasteiger partial charge in [0.25, 0.3) is 0 Å². The van der Waals surface area contributed by atoms with E-state index in [0.29, 0.717) is 0 Å². The Morgan fingerprint density at radius 2 is 1.06 bits per heavy atom. The van der Waals surface area contributed by atoms with Gasteiger partial charge < -0.3 is 30.3 Å². The van der Waals surface area contributed by atoms with Gasteiger partial charge in [-0.1, -0.05) is 0 Å². The van der Waals surface area contributed by atoms with E-state index in [4.69, 9.17) is 30.3 Å². The fourth-order valence-corrected chi connectivity index (χ4v) is 0.987. The Kier molecular flexibility index (Phi) is 28.7. The van der Waals surface area contributed by atoms with Gasteiger partial charge in [0, 0.05) is 0 Å². The first kappa shape index (κ1) is 19.7. The van der Waals surface area contributed by atoms with Crippen LogP contribution >= 0.6 is 0 Å². The van der Waals surface area contributed by atoms with Gasteiger partial charge in [-0.05, 0) is 0 Å². The normalized spacial score (nSPS) is 6.06. The first-order valence-corrected chi connectivity index (χ1v) is 4.68. The summed E-state index contributed by atoms with van der Waals surface area (Å²) in [5, 5.41) is 27.0. The molecule has 16 heavy (non-hydrogen) atoms. The first-order chi connectivity index (χ1) is 7.64. The van der Waals surface area contributed by atoms with E-state index in [0.717, 1.165) is 16.0 Å². The number of nitrogens with zero attached hydrogens (tertiary/aromatic N) is 3. The van der Waals surface area contributed by atoms with E-state index >= 15 is 0 Å². The van der Waals surface area contributed by atoms with Gasteiger partial charge in [0.05, 0.1) is 0 Å². The molecular weight excluding hydrogens is 329 g/mol. The van der Waals surface area contributed by atoms with Gasteiger partial charge in [0.1, 0.15) is 0 Å². The summed E-state index contributed by atoms with van der Waals surface area (Å²) >= 11 is 1.49. The maximum absolute atomic E-state index is 8.00. The summed E-state index contributed by atoms with van der Waals surface area (Å²) in [6.07, 6.45) is 0. The zero-order valence-corrected chi connectivity index (χ0v) is 10.5. The summed E-state index contributed by atoms with van der Waals surface area (Å²) in [6.45, 7) is 0. The van der Waals surface area contributed by atoms with Gasteiger partial charge >= 0.3 is 56.4 Å². The molecule has 10 heteroatoms. The topological polar surface area (TPSA) is 157 Å². The van der Waals surface area contributed by atoms with Crippen LogP contribution in [-0.2, 0) is 0 Å². The van der Waals surface area contributed by atoms with Gasteiger partial charge in [-0.25, -0.2) is 0 Å². The van der Waals surface area contributed by atoms with Crippen LogP contribution in [-0.4, -0.2) is 22.5 Å². The summed E-state index contributed by atoms with van der Waals surface area (Å²) in [5.41, 5.74) is 0. The molecule has 87 valence electrons. The summed E-state index contributed by atoms with van der Waals surface area (Å²) < 4.78 is 1.41. The van der Waals surface area contributed by atoms with Crippen LogP contribution < -0.4 is 3.58 Å². The van der Waals surface area contributed by atoms with Crippen LogP contribution in [0.3, 0.4) is 0 Å². The second kappa shape index (κ2) is 23.2. The Balaban J connectivity index is -0.000000161. The third-order valence-electron chi connectivity index (χ3n) is 0.774. The molecule has 0 saturated carbocycles. The summed E-state index contributed by atoms with van der Waals surface area (Å²) in [4.78, 5) is 24.0. The van der Waals surface area contributed by atoms with Crippen molar-refractivity contribution in [1.29, 1.82) is 0 Å². The zero-order chi connectivity index (χ0) is 13.2. The SMILES string of the molecule is O=N[O-].O=N[O-].O=N[O-].[Sn][c]1ccccc1. The molecule has 9 nitrogen and oxygen atoms in total. The van der Waals surface area contributed by atoms with E-state index in [2.05, 4.69) is 24.3 Å². The van der Waals surface area contributed by atoms with E-state index < -0.39 is 0 Å². The average molecular weight is 334 g/mol. The van der Waals surface area contributed by atoms with Crippen LogP contribution in [0.4, 0.5) is 0 Å². The van der Waals surface area contributed by atoms with Crippen molar-refractivity contribution in [2.24, 2.45) is 16.0 Å². The molecule has 1 aromatic carbocycles. The van der Waals surface area contributed by atoms with Crippen LogP contribution in [0.1, 0.15) is 0 Å². The van der Waals surface area contributed by atoms with Crippen molar-refractivity contribution in [2.45, 2.75) is 0 Å². The van der Waals surface area contributed by atoms with Gasteiger partial charge in [-0.3, -0.25) is 0 Å². The van der Waals surface area contributed by atoms with Crippen molar-refractivity contribution in [3.05, 3.63) is 60.7 Å². The standard InChI is InChI=1S/C6H5.3HNO2.Sn/c1-2-4-6-5-3-1;3*2-1-3;/h1-5H;3*(H,2,3);/p-3. The van der Waals surface area contributed by atoms with Crippen LogP contribution in [0, 0.1) is 30.3 Å². The van der Waals surface area contributed by atoms with E-state index in [-0.39, 0.29) is 0 Å². The van der Waals surface area contributed by atoms with E-state index in [1.807, 2.05) is 6.07 Å². The molecule has 0 aromatic heterocycles. The Bertz CT molecular complexity index is 245. The quantitative estimate of drug-likeness (QED) is 0.394. The Labute approximate surface area is 103 Å². The Morgan fingerprint density at radius 1 is 0.812 bits per heavy atom. The molecule has 1 aromatic rings. The van der Waals surface area contributed by atoms with Gasteiger partial charge in [0.2, 0.25) is 0 Å². The molecule has 0 N–H and O–H groups in total. The second-order valence-corrected chi connectivity index (χ2v) is 3.24. The number of rotatable bonds is 0. The van der Waals surface area contributed by atoms with Crippen LogP contribution in [0.2, 0.25) is 0 Å². The van der Waals surface area contributed by atoms with Crippen molar-refractivity contribution >= 4 is 26.1 Å². The average Bonchev–Trinajstić information content (AvgIpc) is 2.22. The molecule has 0 heterocycles. The van der Waals surface area contributed by atoms with E-state index in [1.165, 1.54) is 26.1 Å². The van der Waals surface area contributed by atoms with Crippen LogP contribution in [0.5, 0.6) is 0 Å². The predicted octanol–water partition coefficient (Wildman–Crippen LogP) is 1.23.